The Labute approximate surface area is 220 Å². The van der Waals surface area contributed by atoms with Crippen LogP contribution in [0.5, 0.6) is 17.2 Å². The van der Waals surface area contributed by atoms with Crippen LogP contribution in [0.4, 0.5) is 13.2 Å². The van der Waals surface area contributed by atoms with E-state index in [1.165, 1.54) is 36.5 Å². The monoisotopic (exact) mass is 555 g/mol. The molecule has 0 saturated carbocycles. The van der Waals surface area contributed by atoms with Crippen molar-refractivity contribution in [1.29, 1.82) is 0 Å². The number of hydrazone groups is 1. The summed E-state index contributed by atoms with van der Waals surface area (Å²) in [6.45, 7) is 3.01. The lowest BCUT2D eigenvalue weighted by Crippen LogP contribution is -2.21. The minimum Gasteiger partial charge on any atom is -0.506 e. The standard InChI is InChI=1S/C25H22Cl2F3N3O4/c1-15-10-17(14-32-33-24(35)18-4-7-22(34)20(26)12-18)11-21(27)23(15)36-9-8-31-13-16-2-5-19(6-3-16)37-25(28,29)30/h2-7,10-12,14,31,34H,8-9,13H2,1H3,(H,33,35)/b32-14-. The summed E-state index contributed by atoms with van der Waals surface area (Å²) in [7, 11) is 0. The van der Waals surface area contributed by atoms with Crippen molar-refractivity contribution in [2.45, 2.75) is 19.8 Å². The third kappa shape index (κ3) is 8.85. The number of hydrogen-bond acceptors (Lipinski definition) is 6. The number of carbonyl (C=O) groups excluding carboxylic acids is 1. The van der Waals surface area contributed by atoms with Crippen molar-refractivity contribution in [3.8, 4) is 17.2 Å². The first-order valence-corrected chi connectivity index (χ1v) is 11.6. The number of benzene rings is 3. The predicted octanol–water partition coefficient (Wildman–Crippen LogP) is 5.84. The molecular formula is C25H22Cl2F3N3O4. The molecule has 0 atom stereocenters. The lowest BCUT2D eigenvalue weighted by atomic mass is 10.1. The summed E-state index contributed by atoms with van der Waals surface area (Å²) < 4.78 is 46.3. The summed E-state index contributed by atoms with van der Waals surface area (Å²) in [6, 6.07) is 13.1. The van der Waals surface area contributed by atoms with Gasteiger partial charge in [-0.15, -0.1) is 13.2 Å². The molecule has 3 rings (SSSR count). The second kappa shape index (κ2) is 12.7. The van der Waals surface area contributed by atoms with Gasteiger partial charge < -0.3 is 19.9 Å². The molecule has 196 valence electrons. The molecule has 0 radical (unpaired) electrons. The Hall–Kier alpha value is -3.47. The minimum absolute atomic E-state index is 0.0541. The van der Waals surface area contributed by atoms with Crippen molar-refractivity contribution >= 4 is 35.3 Å². The molecule has 3 aromatic carbocycles. The highest BCUT2D eigenvalue weighted by Gasteiger charge is 2.30. The number of phenols is 1. The summed E-state index contributed by atoms with van der Waals surface area (Å²) in [5.74, 6) is -0.406. The Bertz CT molecular complexity index is 1250. The van der Waals surface area contributed by atoms with Gasteiger partial charge in [-0.3, -0.25) is 4.79 Å². The smallest absolute Gasteiger partial charge is 0.506 e. The maximum Gasteiger partial charge on any atom is 0.573 e. The second-order valence-corrected chi connectivity index (χ2v) is 8.55. The van der Waals surface area contributed by atoms with Crippen molar-refractivity contribution in [2.75, 3.05) is 13.2 Å². The molecule has 3 N–H and O–H groups in total. The number of rotatable bonds is 10. The zero-order valence-electron chi connectivity index (χ0n) is 19.4. The minimum atomic E-state index is -4.72. The Morgan fingerprint density at radius 3 is 2.46 bits per heavy atom. The van der Waals surface area contributed by atoms with E-state index < -0.39 is 12.3 Å². The van der Waals surface area contributed by atoms with Gasteiger partial charge in [0.05, 0.1) is 16.3 Å². The van der Waals surface area contributed by atoms with Crippen molar-refractivity contribution in [2.24, 2.45) is 5.10 Å². The molecule has 0 aliphatic rings. The first kappa shape index (κ1) is 28.1. The van der Waals surface area contributed by atoms with Gasteiger partial charge in [0, 0.05) is 18.7 Å². The van der Waals surface area contributed by atoms with Crippen molar-refractivity contribution in [3.63, 3.8) is 0 Å². The summed E-state index contributed by atoms with van der Waals surface area (Å²) in [6.07, 6.45) is -3.30. The Morgan fingerprint density at radius 2 is 1.81 bits per heavy atom. The van der Waals surface area contributed by atoms with Gasteiger partial charge in [0.2, 0.25) is 0 Å². The van der Waals surface area contributed by atoms with E-state index in [1.807, 2.05) is 6.92 Å². The summed E-state index contributed by atoms with van der Waals surface area (Å²) in [5.41, 5.74) is 4.78. The lowest BCUT2D eigenvalue weighted by molar-refractivity contribution is -0.274. The largest absolute Gasteiger partial charge is 0.573 e. The molecule has 0 saturated heterocycles. The number of ether oxygens (including phenoxy) is 2. The quantitative estimate of drug-likeness (QED) is 0.166. The third-order valence-electron chi connectivity index (χ3n) is 4.85. The van der Waals surface area contributed by atoms with E-state index in [9.17, 15) is 23.1 Å². The van der Waals surface area contributed by atoms with Crippen LogP contribution in [0.2, 0.25) is 10.0 Å². The molecule has 7 nitrogen and oxygen atoms in total. The van der Waals surface area contributed by atoms with Gasteiger partial charge in [-0.1, -0.05) is 35.3 Å². The molecule has 0 bridgehead atoms. The number of aryl methyl sites for hydroxylation is 1. The van der Waals surface area contributed by atoms with E-state index in [0.717, 1.165) is 11.1 Å². The molecule has 37 heavy (non-hydrogen) atoms. The van der Waals surface area contributed by atoms with Crippen LogP contribution in [0.1, 0.15) is 27.0 Å². The first-order chi connectivity index (χ1) is 17.5. The van der Waals surface area contributed by atoms with Crippen LogP contribution in [-0.2, 0) is 6.54 Å². The number of nitrogens with one attached hydrogen (secondary N) is 2. The number of nitrogens with zero attached hydrogens (tertiary/aromatic N) is 1. The molecule has 0 aliphatic heterocycles. The fourth-order valence-corrected chi connectivity index (χ4v) is 3.67. The number of amides is 1. The van der Waals surface area contributed by atoms with Crippen molar-refractivity contribution in [3.05, 3.63) is 86.9 Å². The highest BCUT2D eigenvalue weighted by molar-refractivity contribution is 6.32. The molecule has 0 heterocycles. The number of hydrogen-bond donors (Lipinski definition) is 3. The summed E-state index contributed by atoms with van der Waals surface area (Å²) in [4.78, 5) is 12.1. The summed E-state index contributed by atoms with van der Waals surface area (Å²) in [5, 5.41) is 16.9. The van der Waals surface area contributed by atoms with Gasteiger partial charge >= 0.3 is 6.36 Å². The number of phenolic OH excluding ortho intramolecular Hbond substituents is 1. The first-order valence-electron chi connectivity index (χ1n) is 10.8. The molecule has 0 aliphatic carbocycles. The van der Waals surface area contributed by atoms with E-state index in [0.29, 0.717) is 36.0 Å². The molecule has 1 amide bonds. The fourth-order valence-electron chi connectivity index (χ4n) is 3.16. The molecule has 0 unspecified atom stereocenters. The molecule has 3 aromatic rings. The molecule has 0 spiro atoms. The van der Waals surface area contributed by atoms with Crippen LogP contribution in [-0.4, -0.2) is 36.7 Å². The average Bonchev–Trinajstić information content (AvgIpc) is 2.82. The Balaban J connectivity index is 1.45. The Kier molecular flexibility index (Phi) is 9.62. The number of alkyl halides is 3. The average molecular weight is 556 g/mol. The highest BCUT2D eigenvalue weighted by Crippen LogP contribution is 2.29. The zero-order valence-corrected chi connectivity index (χ0v) is 20.9. The maximum absolute atomic E-state index is 12.2. The predicted molar refractivity (Wildman–Crippen MR) is 135 cm³/mol. The van der Waals surface area contributed by atoms with Gasteiger partial charge in [-0.2, -0.15) is 5.10 Å². The SMILES string of the molecule is Cc1cc(/C=N\NC(=O)c2ccc(O)c(Cl)c2)cc(Cl)c1OCCNCc1ccc(OC(F)(F)F)cc1. The van der Waals surface area contributed by atoms with E-state index in [4.69, 9.17) is 27.9 Å². The van der Waals surface area contributed by atoms with Crippen LogP contribution in [0, 0.1) is 6.92 Å². The molecule has 0 fully saturated rings. The topological polar surface area (TPSA) is 92.2 Å². The van der Waals surface area contributed by atoms with Gasteiger partial charge in [0.15, 0.2) is 0 Å². The van der Waals surface area contributed by atoms with Crippen LogP contribution < -0.4 is 20.2 Å². The fraction of sp³-hybridized carbons (Fsp3) is 0.200. The van der Waals surface area contributed by atoms with Crippen LogP contribution >= 0.6 is 23.2 Å². The number of aromatic hydroxyl groups is 1. The van der Waals surface area contributed by atoms with Crippen molar-refractivity contribution in [1.82, 2.24) is 10.7 Å². The second-order valence-electron chi connectivity index (χ2n) is 7.73. The van der Waals surface area contributed by atoms with Gasteiger partial charge in [-0.25, -0.2) is 5.43 Å². The Morgan fingerprint density at radius 1 is 1.08 bits per heavy atom. The zero-order chi connectivity index (χ0) is 27.0. The van der Waals surface area contributed by atoms with Crippen LogP contribution in [0.15, 0.2) is 59.7 Å². The molecular weight excluding hydrogens is 534 g/mol. The van der Waals surface area contributed by atoms with Crippen molar-refractivity contribution < 1.29 is 32.5 Å². The number of carbonyl (C=O) groups is 1. The van der Waals surface area contributed by atoms with Gasteiger partial charge in [0.1, 0.15) is 23.9 Å². The van der Waals surface area contributed by atoms with Gasteiger partial charge in [0.25, 0.3) is 5.91 Å². The van der Waals surface area contributed by atoms with E-state index in [-0.39, 0.29) is 22.1 Å². The molecule has 0 aromatic heterocycles. The lowest BCUT2D eigenvalue weighted by Gasteiger charge is -2.13. The number of halogens is 5. The molecule has 12 heteroatoms. The summed E-state index contributed by atoms with van der Waals surface area (Å²) >= 11 is 12.2. The third-order valence-corrected chi connectivity index (χ3v) is 5.44. The highest BCUT2D eigenvalue weighted by atomic mass is 35.5. The van der Waals surface area contributed by atoms with E-state index in [1.54, 1.807) is 24.3 Å². The maximum atomic E-state index is 12.2. The van der Waals surface area contributed by atoms with E-state index >= 15 is 0 Å². The normalized spacial score (nSPS) is 11.5. The van der Waals surface area contributed by atoms with Crippen LogP contribution in [0.3, 0.4) is 0 Å². The van der Waals surface area contributed by atoms with Gasteiger partial charge in [-0.05, 0) is 66.1 Å². The van der Waals surface area contributed by atoms with Crippen LogP contribution in [0.25, 0.3) is 0 Å². The van der Waals surface area contributed by atoms with E-state index in [2.05, 4.69) is 20.6 Å².